The summed E-state index contributed by atoms with van der Waals surface area (Å²) in [5.41, 5.74) is 10.5. The number of esters is 2. The first-order valence-corrected chi connectivity index (χ1v) is 42.8. The maximum Gasteiger partial charge on any atom is 0.333 e. The first kappa shape index (κ1) is 92.0. The second-order valence-corrected chi connectivity index (χ2v) is 31.5. The van der Waals surface area contributed by atoms with Gasteiger partial charge in [-0.25, -0.2) is 9.59 Å². The van der Waals surface area contributed by atoms with E-state index in [0.29, 0.717) is 83.2 Å². The average molecular weight is 1730 g/mol. The van der Waals surface area contributed by atoms with E-state index in [0.717, 1.165) is 90.3 Å². The number of para-hydroxylation sites is 3. The number of rotatable bonds is 37. The summed E-state index contributed by atoms with van der Waals surface area (Å²) >= 11 is 0. The Morgan fingerprint density at radius 2 is 0.562 bits per heavy atom. The molecule has 0 saturated carbocycles. The third-order valence-corrected chi connectivity index (χ3v) is 22.1. The zero-order valence-corrected chi connectivity index (χ0v) is 73.9. The lowest BCUT2D eigenvalue weighted by molar-refractivity contribution is -0.145. The Balaban J connectivity index is 0.000000168. The van der Waals surface area contributed by atoms with Gasteiger partial charge in [0.2, 0.25) is 0 Å². The minimum absolute atomic E-state index is 0.0456. The molecule has 18 nitrogen and oxygen atoms in total. The monoisotopic (exact) mass is 1730 g/mol. The van der Waals surface area contributed by atoms with E-state index in [-0.39, 0.29) is 43.1 Å². The number of anilines is 3. The minimum atomic E-state index is -1.01. The summed E-state index contributed by atoms with van der Waals surface area (Å²) in [4.78, 5) is 71.7. The SMILES string of the molecule is C=C(C)C(=C)OC(C)COc1ccc(C2(c3ccc(OCC(C)OC(=O)C(=C)C)cc3)c3ccccc3C(=O)N2c2ccccc2)cc1.C=CC(=C)OC(C)COc1ccc(C2(c3ccc(OCC(C)OC(=O)C=C)cc3)c3ccccc3C(=O)N2c2ccccc2)cc1.C=CCOc1ccc(C2(c3ccc(OCC=C)cc3)c3ccccc3C(=O)N2c2ccccc2)cc1. The molecule has 0 fully saturated rings. The maximum absolute atomic E-state index is 14.3. The molecule has 12 aromatic carbocycles. The molecule has 0 saturated heterocycles. The van der Waals surface area contributed by atoms with Crippen LogP contribution in [-0.2, 0) is 45.2 Å². The van der Waals surface area contributed by atoms with Gasteiger partial charge in [0.05, 0.1) is 0 Å². The van der Waals surface area contributed by atoms with Crippen LogP contribution in [-0.4, -0.2) is 93.7 Å². The summed E-state index contributed by atoms with van der Waals surface area (Å²) in [6.45, 7) is 42.4. The first-order chi connectivity index (χ1) is 63.0. The molecular weight excluding hydrogens is 1630 g/mol. The van der Waals surface area contributed by atoms with Gasteiger partial charge in [0.25, 0.3) is 17.7 Å². The zero-order chi connectivity index (χ0) is 92.1. The van der Waals surface area contributed by atoms with Crippen LogP contribution in [0.25, 0.3) is 0 Å². The molecule has 0 bridgehead atoms. The normalized spacial score (nSPS) is 15.6. The van der Waals surface area contributed by atoms with Crippen LogP contribution in [0.1, 0.15) is 123 Å². The van der Waals surface area contributed by atoms with E-state index in [4.69, 9.17) is 47.4 Å². The van der Waals surface area contributed by atoms with Gasteiger partial charge in [-0.1, -0.05) is 247 Å². The number of nitrogens with zero attached hydrogens (tertiary/aromatic N) is 3. The molecule has 130 heavy (non-hydrogen) atoms. The highest BCUT2D eigenvalue weighted by atomic mass is 16.6. The number of fused-ring (bicyclic) bond motifs is 3. The van der Waals surface area contributed by atoms with Gasteiger partial charge in [-0.3, -0.25) is 29.1 Å². The molecule has 0 radical (unpaired) electrons. The summed E-state index contributed by atoms with van der Waals surface area (Å²) in [6, 6.07) is 99.3. The molecule has 0 N–H and O–H groups in total. The molecular formula is C112H105N3O15. The maximum atomic E-state index is 14.3. The van der Waals surface area contributed by atoms with Crippen molar-refractivity contribution in [3.05, 3.63) is 476 Å². The fraction of sp³-hybridized carbons (Fsp3) is 0.170. The van der Waals surface area contributed by atoms with Crippen LogP contribution in [0, 0.1) is 0 Å². The number of carbonyl (C=O) groups is 5. The van der Waals surface area contributed by atoms with Crippen LogP contribution in [0.2, 0.25) is 0 Å². The van der Waals surface area contributed by atoms with Gasteiger partial charge in [0, 0.05) is 45.4 Å². The highest BCUT2D eigenvalue weighted by molar-refractivity contribution is 6.16. The molecule has 658 valence electrons. The number of ether oxygens (including phenoxy) is 10. The third kappa shape index (κ3) is 19.8. The van der Waals surface area contributed by atoms with Crippen molar-refractivity contribution in [3.63, 3.8) is 0 Å². The van der Waals surface area contributed by atoms with Gasteiger partial charge in [0.15, 0.2) is 0 Å². The van der Waals surface area contributed by atoms with Crippen LogP contribution in [0.15, 0.2) is 409 Å². The second kappa shape index (κ2) is 42.1. The van der Waals surface area contributed by atoms with Gasteiger partial charge < -0.3 is 47.4 Å². The van der Waals surface area contributed by atoms with Gasteiger partial charge in [-0.05, 0) is 231 Å². The van der Waals surface area contributed by atoms with Crippen LogP contribution in [0.5, 0.6) is 34.5 Å². The number of amides is 3. The van der Waals surface area contributed by atoms with E-state index in [1.807, 2.05) is 345 Å². The van der Waals surface area contributed by atoms with Crippen molar-refractivity contribution >= 4 is 46.7 Å². The smallest absolute Gasteiger partial charge is 0.333 e. The summed E-state index contributed by atoms with van der Waals surface area (Å²) in [5.74, 6) is 3.83. The summed E-state index contributed by atoms with van der Waals surface area (Å²) in [7, 11) is 0. The molecule has 3 amide bonds. The number of allylic oxidation sites excluding steroid dienone is 2. The quantitative estimate of drug-likeness (QED) is 0.0118. The van der Waals surface area contributed by atoms with Crippen LogP contribution >= 0.6 is 0 Å². The number of hydrogen-bond donors (Lipinski definition) is 0. The number of benzene rings is 12. The molecule has 3 aliphatic rings. The van der Waals surface area contributed by atoms with Gasteiger partial charge in [-0.15, -0.1) is 0 Å². The predicted octanol–water partition coefficient (Wildman–Crippen LogP) is 22.8. The number of hydrogen-bond acceptors (Lipinski definition) is 15. The van der Waals surface area contributed by atoms with Crippen molar-refractivity contribution in [3.8, 4) is 34.5 Å². The largest absolute Gasteiger partial charge is 0.490 e. The van der Waals surface area contributed by atoms with Crippen molar-refractivity contribution in [1.82, 2.24) is 0 Å². The number of carbonyl (C=O) groups excluding carboxylic acids is 5. The summed E-state index contributed by atoms with van der Waals surface area (Å²) in [6.07, 6.45) is 4.75. The molecule has 3 aliphatic heterocycles. The molecule has 0 aliphatic carbocycles. The highest BCUT2D eigenvalue weighted by Crippen LogP contribution is 2.55. The van der Waals surface area contributed by atoms with Crippen molar-refractivity contribution in [2.45, 2.75) is 82.6 Å². The lowest BCUT2D eigenvalue weighted by Gasteiger charge is -2.40. The van der Waals surface area contributed by atoms with Crippen molar-refractivity contribution < 1.29 is 71.3 Å². The van der Waals surface area contributed by atoms with Crippen molar-refractivity contribution in [2.75, 3.05) is 54.3 Å². The lowest BCUT2D eigenvalue weighted by atomic mass is 9.76. The molecule has 6 unspecified atom stereocenters. The Labute approximate surface area is 760 Å². The predicted molar refractivity (Wildman–Crippen MR) is 511 cm³/mol. The molecule has 6 atom stereocenters. The Morgan fingerprint density at radius 3 is 0.823 bits per heavy atom. The van der Waals surface area contributed by atoms with Crippen LogP contribution < -0.4 is 43.1 Å². The van der Waals surface area contributed by atoms with E-state index in [9.17, 15) is 24.0 Å². The van der Waals surface area contributed by atoms with Gasteiger partial charge in [-0.2, -0.15) is 0 Å². The van der Waals surface area contributed by atoms with Crippen LogP contribution in [0.3, 0.4) is 0 Å². The van der Waals surface area contributed by atoms with Gasteiger partial charge in [0.1, 0.15) is 127 Å². The van der Waals surface area contributed by atoms with E-state index in [1.165, 1.54) is 0 Å². The Kier molecular flexibility index (Phi) is 29.8. The average Bonchev–Trinajstić information content (AvgIpc) is 1.55. The van der Waals surface area contributed by atoms with Crippen LogP contribution in [0.4, 0.5) is 17.1 Å². The van der Waals surface area contributed by atoms with Crippen molar-refractivity contribution in [2.24, 2.45) is 0 Å². The Bertz CT molecular complexity index is 5860. The topological polar surface area (TPSA) is 187 Å². The van der Waals surface area contributed by atoms with E-state index in [1.54, 1.807) is 39.0 Å². The minimum Gasteiger partial charge on any atom is -0.490 e. The fourth-order valence-electron chi connectivity index (χ4n) is 16.2. The molecule has 18 heteroatoms. The van der Waals surface area contributed by atoms with E-state index < -0.39 is 40.8 Å². The fourth-order valence-corrected chi connectivity index (χ4v) is 16.2. The molecule has 0 aromatic heterocycles. The summed E-state index contributed by atoms with van der Waals surface area (Å²) in [5, 5.41) is 0. The summed E-state index contributed by atoms with van der Waals surface area (Å²) < 4.78 is 57.5. The second-order valence-electron chi connectivity index (χ2n) is 31.5. The van der Waals surface area contributed by atoms with Gasteiger partial charge >= 0.3 is 11.9 Å². The third-order valence-electron chi connectivity index (χ3n) is 22.1. The van der Waals surface area contributed by atoms with E-state index in [2.05, 4.69) is 52.6 Å². The zero-order valence-electron chi connectivity index (χ0n) is 73.9. The van der Waals surface area contributed by atoms with E-state index >= 15 is 0 Å². The molecule has 12 aromatic rings. The molecule has 0 spiro atoms. The first-order valence-electron chi connectivity index (χ1n) is 42.8. The lowest BCUT2D eigenvalue weighted by Crippen LogP contribution is -2.46. The highest BCUT2D eigenvalue weighted by Gasteiger charge is 2.56. The molecule has 3 heterocycles. The van der Waals surface area contributed by atoms with Crippen molar-refractivity contribution in [1.29, 1.82) is 0 Å². The standard InChI is InChI=1S/C41H41NO6.C39H37NO6.C32H27NO3/c1-27(2)31(7)47-29(5)25-45-35-21-17-32(18-22-35)41(33-19-23-36(24-20-33)46-26-30(6)48-40(44)28(3)4)38-16-12-11-15-37(38)39(43)42(41)34-13-9-8-10-14-34;1-6-27(3)45-28(4)25-43-33-21-17-30(18-22-33)39(31-19-23-34(24-20-31)44-26-29(5)46-37(41)7-2)36-16-12-11-15-35(36)38(42)40(39)32-13-9-8-10-14-32;1-3-22-35-27-18-14-24(15-19-27)32(25-16-20-28(21-17-25)36-23-4-2)30-13-9-8-12-29(30)31(34)33(32)26-10-6-5-7-11-26/h8-24,29-30H,1,3,7,25-26H2,2,4-6H3;6-24,28-29H,1-3,25-26H2,4-5H3;3-21H,1-2,22-23H2. The molecule has 15 rings (SSSR count). The Hall–Kier alpha value is -15.7. The Morgan fingerprint density at radius 1 is 0.308 bits per heavy atom.